The molecule has 100 valence electrons. The van der Waals surface area contributed by atoms with Crippen LogP contribution >= 0.6 is 15.9 Å². The summed E-state index contributed by atoms with van der Waals surface area (Å²) in [6.45, 7) is 1.20. The summed E-state index contributed by atoms with van der Waals surface area (Å²) in [5.41, 5.74) is 7.95. The highest BCUT2D eigenvalue weighted by molar-refractivity contribution is 9.10. The Labute approximate surface area is 120 Å². The normalized spacial score (nSPS) is 10.4. The summed E-state index contributed by atoms with van der Waals surface area (Å²) in [4.78, 5) is 8.33. The Morgan fingerprint density at radius 1 is 1.26 bits per heavy atom. The van der Waals surface area contributed by atoms with Crippen molar-refractivity contribution in [2.45, 2.75) is 13.2 Å². The number of ether oxygens (including phenoxy) is 1. The maximum atomic E-state index is 5.66. The van der Waals surface area contributed by atoms with Crippen LogP contribution in [0.15, 0.2) is 34.9 Å². The van der Waals surface area contributed by atoms with E-state index in [1.54, 1.807) is 13.2 Å². The summed E-state index contributed by atoms with van der Waals surface area (Å²) < 4.78 is 5.83. The average molecular weight is 323 g/mol. The first-order valence-corrected chi connectivity index (χ1v) is 6.58. The van der Waals surface area contributed by atoms with Gasteiger partial charge in [-0.15, -0.1) is 0 Å². The van der Waals surface area contributed by atoms with Gasteiger partial charge in [-0.05, 0) is 27.1 Å². The van der Waals surface area contributed by atoms with E-state index in [9.17, 15) is 0 Å². The maximum Gasteiger partial charge on any atom is 0.225 e. The molecule has 0 aliphatic rings. The molecule has 0 bridgehead atoms. The van der Waals surface area contributed by atoms with Crippen molar-refractivity contribution in [3.8, 4) is 0 Å². The molecular formula is C13H15BrN4O. The van der Waals surface area contributed by atoms with Gasteiger partial charge in [0.15, 0.2) is 0 Å². The van der Waals surface area contributed by atoms with E-state index in [1.165, 1.54) is 0 Å². The molecule has 1 aromatic heterocycles. The molecule has 1 heterocycles. The van der Waals surface area contributed by atoms with Crippen LogP contribution in [0.4, 0.5) is 11.8 Å². The maximum absolute atomic E-state index is 5.66. The van der Waals surface area contributed by atoms with Crippen molar-refractivity contribution in [3.05, 3.63) is 46.1 Å². The Hall–Kier alpha value is -1.66. The lowest BCUT2D eigenvalue weighted by Gasteiger charge is -2.10. The van der Waals surface area contributed by atoms with Gasteiger partial charge in [-0.1, -0.05) is 24.3 Å². The SMILES string of the molecule is COCc1ccccc1CNc1nc(N)cc(Br)n1. The fraction of sp³-hybridized carbons (Fsp3) is 0.231. The molecule has 0 amide bonds. The van der Waals surface area contributed by atoms with E-state index in [4.69, 9.17) is 10.5 Å². The second kappa shape index (κ2) is 6.49. The fourth-order valence-electron chi connectivity index (χ4n) is 1.71. The van der Waals surface area contributed by atoms with E-state index in [0.717, 1.165) is 11.1 Å². The van der Waals surface area contributed by atoms with E-state index in [0.29, 0.717) is 29.5 Å². The molecule has 2 rings (SSSR count). The van der Waals surface area contributed by atoms with Crippen LogP contribution < -0.4 is 11.1 Å². The standard InChI is InChI=1S/C13H15BrN4O/c1-19-8-10-5-3-2-4-9(10)7-16-13-17-11(14)6-12(15)18-13/h2-6H,7-8H2,1H3,(H3,15,16,17,18). The van der Waals surface area contributed by atoms with Crippen LogP contribution in [0.1, 0.15) is 11.1 Å². The number of hydrogen-bond acceptors (Lipinski definition) is 5. The Morgan fingerprint density at radius 3 is 2.68 bits per heavy atom. The molecule has 0 radical (unpaired) electrons. The fourth-order valence-corrected chi connectivity index (χ4v) is 2.12. The predicted octanol–water partition coefficient (Wildman–Crippen LogP) is 2.58. The molecule has 0 aliphatic heterocycles. The molecule has 0 aliphatic carbocycles. The Kier molecular flexibility index (Phi) is 4.70. The second-order valence-corrected chi connectivity index (χ2v) is 4.81. The van der Waals surface area contributed by atoms with Crippen LogP contribution in [-0.2, 0) is 17.9 Å². The molecule has 3 N–H and O–H groups in total. The van der Waals surface area contributed by atoms with Gasteiger partial charge in [0.05, 0.1) is 6.61 Å². The van der Waals surface area contributed by atoms with Crippen LogP contribution in [0.25, 0.3) is 0 Å². The number of benzene rings is 1. The summed E-state index contributed by atoms with van der Waals surface area (Å²) in [6.07, 6.45) is 0. The van der Waals surface area contributed by atoms with Gasteiger partial charge >= 0.3 is 0 Å². The third-order valence-electron chi connectivity index (χ3n) is 2.57. The van der Waals surface area contributed by atoms with E-state index < -0.39 is 0 Å². The summed E-state index contributed by atoms with van der Waals surface area (Å²) in [5.74, 6) is 0.925. The molecule has 0 saturated heterocycles. The van der Waals surface area contributed by atoms with Gasteiger partial charge in [0.2, 0.25) is 5.95 Å². The molecule has 0 unspecified atom stereocenters. The van der Waals surface area contributed by atoms with Crippen molar-refractivity contribution >= 4 is 27.7 Å². The summed E-state index contributed by atoms with van der Waals surface area (Å²) in [7, 11) is 1.68. The Bertz CT molecular complexity index is 542. The number of aromatic nitrogens is 2. The first-order chi connectivity index (χ1) is 9.19. The molecule has 1 aromatic carbocycles. The van der Waals surface area contributed by atoms with E-state index in [2.05, 4.69) is 31.2 Å². The first-order valence-electron chi connectivity index (χ1n) is 5.78. The minimum atomic E-state index is 0.426. The van der Waals surface area contributed by atoms with Gasteiger partial charge in [-0.3, -0.25) is 0 Å². The van der Waals surface area contributed by atoms with Crippen LogP contribution in [-0.4, -0.2) is 17.1 Å². The second-order valence-electron chi connectivity index (χ2n) is 3.99. The number of rotatable bonds is 5. The summed E-state index contributed by atoms with van der Waals surface area (Å²) >= 11 is 3.29. The number of halogens is 1. The van der Waals surface area contributed by atoms with E-state index >= 15 is 0 Å². The molecule has 0 fully saturated rings. The minimum absolute atomic E-state index is 0.426. The predicted molar refractivity (Wildman–Crippen MR) is 78.6 cm³/mol. The van der Waals surface area contributed by atoms with Crippen molar-refractivity contribution < 1.29 is 4.74 Å². The summed E-state index contributed by atoms with van der Waals surface area (Å²) in [5, 5.41) is 3.15. The third kappa shape index (κ3) is 3.90. The largest absolute Gasteiger partial charge is 0.383 e. The zero-order valence-corrected chi connectivity index (χ0v) is 12.1. The smallest absolute Gasteiger partial charge is 0.225 e. The van der Waals surface area contributed by atoms with Crippen LogP contribution in [0.3, 0.4) is 0 Å². The topological polar surface area (TPSA) is 73.1 Å². The summed E-state index contributed by atoms with van der Waals surface area (Å²) in [6, 6.07) is 9.72. The molecule has 6 heteroatoms. The van der Waals surface area contributed by atoms with Crippen molar-refractivity contribution in [1.29, 1.82) is 0 Å². The highest BCUT2D eigenvalue weighted by Gasteiger charge is 2.04. The number of hydrogen-bond donors (Lipinski definition) is 2. The lowest BCUT2D eigenvalue weighted by atomic mass is 10.1. The lowest BCUT2D eigenvalue weighted by Crippen LogP contribution is -2.07. The molecule has 0 saturated carbocycles. The molecule has 19 heavy (non-hydrogen) atoms. The Balaban J connectivity index is 2.09. The van der Waals surface area contributed by atoms with Crippen LogP contribution in [0, 0.1) is 0 Å². The number of nitrogen functional groups attached to an aromatic ring is 1. The highest BCUT2D eigenvalue weighted by atomic mass is 79.9. The monoisotopic (exact) mass is 322 g/mol. The van der Waals surface area contributed by atoms with E-state index in [-0.39, 0.29) is 0 Å². The minimum Gasteiger partial charge on any atom is -0.383 e. The zero-order valence-electron chi connectivity index (χ0n) is 10.6. The van der Waals surface area contributed by atoms with Crippen LogP contribution in [0.2, 0.25) is 0 Å². The van der Waals surface area contributed by atoms with Gasteiger partial charge in [-0.2, -0.15) is 4.98 Å². The van der Waals surface area contributed by atoms with Gasteiger partial charge in [0.1, 0.15) is 10.4 Å². The van der Waals surface area contributed by atoms with Gasteiger partial charge < -0.3 is 15.8 Å². The molecule has 5 nitrogen and oxygen atoms in total. The van der Waals surface area contributed by atoms with Gasteiger partial charge in [0.25, 0.3) is 0 Å². The molecule has 2 aromatic rings. The van der Waals surface area contributed by atoms with Crippen LogP contribution in [0.5, 0.6) is 0 Å². The van der Waals surface area contributed by atoms with Crippen molar-refractivity contribution in [3.63, 3.8) is 0 Å². The molecule has 0 spiro atoms. The molecular weight excluding hydrogens is 308 g/mol. The zero-order chi connectivity index (χ0) is 13.7. The highest BCUT2D eigenvalue weighted by Crippen LogP contribution is 2.15. The van der Waals surface area contributed by atoms with Crippen molar-refractivity contribution in [1.82, 2.24) is 9.97 Å². The van der Waals surface area contributed by atoms with Crippen molar-refractivity contribution in [2.75, 3.05) is 18.2 Å². The Morgan fingerprint density at radius 2 is 2.00 bits per heavy atom. The first kappa shape index (κ1) is 13.8. The number of nitrogens with zero attached hydrogens (tertiary/aromatic N) is 2. The number of anilines is 2. The quantitative estimate of drug-likeness (QED) is 0.828. The average Bonchev–Trinajstić information content (AvgIpc) is 2.37. The van der Waals surface area contributed by atoms with Gasteiger partial charge in [-0.25, -0.2) is 4.98 Å². The number of methoxy groups -OCH3 is 1. The molecule has 0 atom stereocenters. The van der Waals surface area contributed by atoms with E-state index in [1.807, 2.05) is 24.3 Å². The van der Waals surface area contributed by atoms with Crippen molar-refractivity contribution in [2.24, 2.45) is 0 Å². The van der Waals surface area contributed by atoms with Gasteiger partial charge in [0, 0.05) is 19.7 Å². The lowest BCUT2D eigenvalue weighted by molar-refractivity contribution is 0.184. The number of nitrogens with one attached hydrogen (secondary N) is 1. The number of nitrogens with two attached hydrogens (primary N) is 1. The third-order valence-corrected chi connectivity index (χ3v) is 2.98.